The summed E-state index contributed by atoms with van der Waals surface area (Å²) in [5, 5.41) is 2.74. The molecule has 0 atom stereocenters. The Morgan fingerprint density at radius 1 is 1.07 bits per heavy atom. The highest BCUT2D eigenvalue weighted by Gasteiger charge is 2.29. The maximum absolute atomic E-state index is 12.2. The van der Waals surface area contributed by atoms with Gasteiger partial charge >= 0.3 is 6.18 Å². The van der Waals surface area contributed by atoms with Gasteiger partial charge < -0.3 is 20.5 Å². The molecule has 0 saturated heterocycles. The summed E-state index contributed by atoms with van der Waals surface area (Å²) in [7, 11) is 1.33. The Hall–Kier alpha value is -2.61. The lowest BCUT2D eigenvalue weighted by Crippen LogP contribution is -2.24. The summed E-state index contributed by atoms with van der Waals surface area (Å²) in [6.07, 6.45) is -4.23. The minimum Gasteiger partial charge on any atom is -0.493 e. The van der Waals surface area contributed by atoms with Gasteiger partial charge in [0.25, 0.3) is 0 Å². The van der Waals surface area contributed by atoms with Crippen LogP contribution >= 0.6 is 12.4 Å². The van der Waals surface area contributed by atoms with Gasteiger partial charge in [0.15, 0.2) is 18.1 Å². The molecule has 0 aromatic heterocycles. The van der Waals surface area contributed by atoms with E-state index in [-0.39, 0.29) is 42.8 Å². The molecule has 0 bridgehead atoms. The molecule has 2 aromatic rings. The summed E-state index contributed by atoms with van der Waals surface area (Å²) >= 11 is 0. The third-order valence-corrected chi connectivity index (χ3v) is 3.45. The van der Waals surface area contributed by atoms with E-state index in [9.17, 15) is 18.0 Å². The lowest BCUT2D eigenvalue weighted by atomic mass is 10.1. The second-order valence-corrected chi connectivity index (χ2v) is 5.58. The topological polar surface area (TPSA) is 73.6 Å². The Bertz CT molecular complexity index is 753. The van der Waals surface area contributed by atoms with Crippen LogP contribution in [0.2, 0.25) is 0 Å². The summed E-state index contributed by atoms with van der Waals surface area (Å²) in [4.78, 5) is 12.0. The summed E-state index contributed by atoms with van der Waals surface area (Å²) in [6, 6.07) is 11.4. The van der Waals surface area contributed by atoms with Crippen LogP contribution in [0.1, 0.15) is 11.1 Å². The molecule has 148 valence electrons. The van der Waals surface area contributed by atoms with E-state index >= 15 is 0 Å². The number of rotatable bonds is 7. The molecular formula is C18H20ClF3N2O3. The van der Waals surface area contributed by atoms with Crippen LogP contribution in [0.5, 0.6) is 11.5 Å². The Labute approximate surface area is 161 Å². The van der Waals surface area contributed by atoms with Crippen LogP contribution in [0, 0.1) is 0 Å². The zero-order valence-electron chi connectivity index (χ0n) is 14.5. The number of benzene rings is 2. The van der Waals surface area contributed by atoms with Crippen LogP contribution in [0.4, 0.5) is 18.9 Å². The molecule has 0 heterocycles. The molecule has 0 fully saturated rings. The number of carbonyl (C=O) groups excluding carboxylic acids is 1. The van der Waals surface area contributed by atoms with E-state index in [4.69, 9.17) is 15.2 Å². The van der Waals surface area contributed by atoms with Crippen molar-refractivity contribution in [2.45, 2.75) is 19.1 Å². The van der Waals surface area contributed by atoms with Gasteiger partial charge in [0.2, 0.25) is 5.91 Å². The van der Waals surface area contributed by atoms with E-state index in [1.54, 1.807) is 30.3 Å². The fourth-order valence-electron chi connectivity index (χ4n) is 2.18. The van der Waals surface area contributed by atoms with Crippen molar-refractivity contribution in [1.82, 2.24) is 5.32 Å². The number of carbonyl (C=O) groups is 1. The Balaban J connectivity index is 0.00000364. The molecule has 0 aliphatic heterocycles. The Kier molecular flexibility index (Phi) is 8.24. The average Bonchev–Trinajstić information content (AvgIpc) is 2.59. The van der Waals surface area contributed by atoms with Gasteiger partial charge in [-0.1, -0.05) is 18.2 Å². The zero-order chi connectivity index (χ0) is 19.2. The molecule has 3 N–H and O–H groups in total. The average molecular weight is 405 g/mol. The second-order valence-electron chi connectivity index (χ2n) is 5.58. The van der Waals surface area contributed by atoms with Crippen molar-refractivity contribution in [2.75, 3.05) is 19.5 Å². The lowest BCUT2D eigenvalue weighted by Gasteiger charge is -2.14. The minimum absolute atomic E-state index is 0. The van der Waals surface area contributed by atoms with Crippen molar-refractivity contribution in [1.29, 1.82) is 0 Å². The quantitative estimate of drug-likeness (QED) is 0.693. The lowest BCUT2D eigenvalue weighted by molar-refractivity contribution is -0.153. The van der Waals surface area contributed by atoms with Crippen LogP contribution in [0.15, 0.2) is 42.5 Å². The molecule has 0 radical (unpaired) electrons. The van der Waals surface area contributed by atoms with E-state index < -0.39 is 12.8 Å². The normalized spacial score (nSPS) is 10.7. The van der Waals surface area contributed by atoms with Crippen LogP contribution in [-0.4, -0.2) is 25.8 Å². The maximum atomic E-state index is 12.2. The van der Waals surface area contributed by atoms with Gasteiger partial charge in [0.05, 0.1) is 13.5 Å². The summed E-state index contributed by atoms with van der Waals surface area (Å²) < 4.78 is 46.5. The largest absolute Gasteiger partial charge is 0.493 e. The molecule has 1 amide bonds. The van der Waals surface area contributed by atoms with Crippen molar-refractivity contribution in [3.63, 3.8) is 0 Å². The van der Waals surface area contributed by atoms with Crippen LogP contribution in [0.25, 0.3) is 0 Å². The van der Waals surface area contributed by atoms with Crippen molar-refractivity contribution in [2.24, 2.45) is 0 Å². The Morgan fingerprint density at radius 2 is 1.70 bits per heavy atom. The van der Waals surface area contributed by atoms with Gasteiger partial charge in [-0.3, -0.25) is 4.79 Å². The summed E-state index contributed by atoms with van der Waals surface area (Å²) in [5.74, 6) is -0.0348. The van der Waals surface area contributed by atoms with Crippen LogP contribution in [-0.2, 0) is 17.8 Å². The van der Waals surface area contributed by atoms with Crippen molar-refractivity contribution in [3.8, 4) is 11.5 Å². The summed E-state index contributed by atoms with van der Waals surface area (Å²) in [6.45, 7) is -1.19. The SMILES string of the molecule is COc1cc(CNC(=O)Cc2ccc(N)cc2)ccc1OCC(F)(F)F.Cl. The van der Waals surface area contributed by atoms with Gasteiger partial charge in [-0.2, -0.15) is 13.2 Å². The van der Waals surface area contributed by atoms with Crippen molar-refractivity contribution >= 4 is 24.0 Å². The van der Waals surface area contributed by atoms with Gasteiger partial charge in [0.1, 0.15) is 0 Å². The van der Waals surface area contributed by atoms with Crippen molar-refractivity contribution < 1.29 is 27.4 Å². The predicted octanol–water partition coefficient (Wildman–Crippen LogP) is 3.50. The molecule has 0 aliphatic rings. The Morgan fingerprint density at radius 3 is 2.30 bits per heavy atom. The number of alkyl halides is 3. The molecule has 0 spiro atoms. The number of anilines is 1. The molecule has 0 saturated carbocycles. The first-order valence-corrected chi connectivity index (χ1v) is 7.74. The van der Waals surface area contributed by atoms with Gasteiger partial charge in [0, 0.05) is 12.2 Å². The highest BCUT2D eigenvalue weighted by atomic mass is 35.5. The number of nitrogens with one attached hydrogen (secondary N) is 1. The number of nitrogens with two attached hydrogens (primary N) is 1. The number of nitrogen functional groups attached to an aromatic ring is 1. The molecule has 9 heteroatoms. The first-order valence-electron chi connectivity index (χ1n) is 7.74. The van der Waals surface area contributed by atoms with E-state index in [0.29, 0.717) is 11.3 Å². The molecule has 2 aromatic carbocycles. The highest BCUT2D eigenvalue weighted by Crippen LogP contribution is 2.29. The first kappa shape index (κ1) is 22.4. The predicted molar refractivity (Wildman–Crippen MR) is 98.2 cm³/mol. The fourth-order valence-corrected chi connectivity index (χ4v) is 2.18. The standard InChI is InChI=1S/C18H19F3N2O3.ClH/c1-25-16-8-13(4-7-15(16)26-11-18(19,20)21)10-23-17(24)9-12-2-5-14(22)6-3-12;/h2-8H,9-11,22H2,1H3,(H,23,24);1H. The van der Waals surface area contributed by atoms with E-state index in [0.717, 1.165) is 5.56 Å². The highest BCUT2D eigenvalue weighted by molar-refractivity contribution is 5.85. The first-order chi connectivity index (χ1) is 12.3. The fraction of sp³-hybridized carbons (Fsp3) is 0.278. The van der Waals surface area contributed by atoms with Crippen molar-refractivity contribution in [3.05, 3.63) is 53.6 Å². The number of hydrogen-bond donors (Lipinski definition) is 2. The number of ether oxygens (including phenoxy) is 2. The minimum atomic E-state index is -4.43. The molecule has 27 heavy (non-hydrogen) atoms. The molecule has 0 unspecified atom stereocenters. The smallest absolute Gasteiger partial charge is 0.422 e. The van der Waals surface area contributed by atoms with Crippen LogP contribution < -0.4 is 20.5 Å². The number of halogens is 4. The maximum Gasteiger partial charge on any atom is 0.422 e. The van der Waals surface area contributed by atoms with Gasteiger partial charge in [-0.25, -0.2) is 0 Å². The number of hydrogen-bond acceptors (Lipinski definition) is 4. The third kappa shape index (κ3) is 7.65. The summed E-state index contributed by atoms with van der Waals surface area (Å²) in [5.41, 5.74) is 7.71. The van der Waals surface area contributed by atoms with E-state index in [1.807, 2.05) is 0 Å². The number of amides is 1. The van der Waals surface area contributed by atoms with E-state index in [2.05, 4.69) is 5.32 Å². The monoisotopic (exact) mass is 404 g/mol. The van der Waals surface area contributed by atoms with Crippen LogP contribution in [0.3, 0.4) is 0 Å². The van der Waals surface area contributed by atoms with Gasteiger partial charge in [-0.05, 0) is 35.4 Å². The zero-order valence-corrected chi connectivity index (χ0v) is 15.3. The molecule has 5 nitrogen and oxygen atoms in total. The van der Waals surface area contributed by atoms with E-state index in [1.165, 1.54) is 19.2 Å². The van der Waals surface area contributed by atoms with Gasteiger partial charge in [-0.15, -0.1) is 12.4 Å². The number of methoxy groups -OCH3 is 1. The second kappa shape index (κ2) is 9.91. The third-order valence-electron chi connectivity index (χ3n) is 3.45. The molecular weight excluding hydrogens is 385 g/mol. The molecule has 0 aliphatic carbocycles. The molecule has 2 rings (SSSR count).